The van der Waals surface area contributed by atoms with Crippen molar-refractivity contribution in [3.8, 4) is 11.5 Å². The molecule has 3 aromatic rings. The predicted octanol–water partition coefficient (Wildman–Crippen LogP) is 2.95. The lowest BCUT2D eigenvalue weighted by molar-refractivity contribution is 0.0981. The Bertz CT molecular complexity index is 1240. The Morgan fingerprint density at radius 2 is 1.88 bits per heavy atom. The van der Waals surface area contributed by atoms with E-state index in [2.05, 4.69) is 9.82 Å². The van der Waals surface area contributed by atoms with Gasteiger partial charge in [0.25, 0.3) is 15.9 Å². The summed E-state index contributed by atoms with van der Waals surface area (Å²) >= 11 is 0. The molecule has 0 bridgehead atoms. The van der Waals surface area contributed by atoms with E-state index < -0.39 is 15.9 Å². The van der Waals surface area contributed by atoms with Gasteiger partial charge in [0, 0.05) is 23.5 Å². The summed E-state index contributed by atoms with van der Waals surface area (Å²) in [5.41, 5.74) is 2.70. The Labute approximate surface area is 187 Å². The number of nitrogens with zero attached hydrogens (tertiary/aromatic N) is 2. The highest BCUT2D eigenvalue weighted by Gasteiger charge is 2.29. The maximum Gasteiger partial charge on any atom is 0.268 e. The van der Waals surface area contributed by atoms with Crippen molar-refractivity contribution in [2.75, 3.05) is 14.2 Å². The number of amides is 1. The normalized spacial score (nSPS) is 13.3. The molecule has 1 aliphatic carbocycles. The molecule has 0 saturated carbocycles. The standard InChI is InChI=1S/C23H25N3O5S/c1-30-20-11-10-16-6-3-4-7-19(16)22(20)32(28,29)25-23(27)17-8-9-18(21(14-17)31-2)15-26-13-5-12-24-26/h5,8-14H,3-4,6-7,15H2,1-2H3,(H,25,27). The average molecular weight is 456 g/mol. The first-order valence-corrected chi connectivity index (χ1v) is 11.8. The molecule has 0 atom stereocenters. The molecule has 1 heterocycles. The average Bonchev–Trinajstić information content (AvgIpc) is 3.31. The summed E-state index contributed by atoms with van der Waals surface area (Å²) in [5.74, 6) is -0.0253. The number of aryl methyl sites for hydroxylation is 1. The lowest BCUT2D eigenvalue weighted by Crippen LogP contribution is -2.32. The van der Waals surface area contributed by atoms with E-state index in [0.717, 1.165) is 36.0 Å². The van der Waals surface area contributed by atoms with Gasteiger partial charge in [-0.1, -0.05) is 12.1 Å². The minimum absolute atomic E-state index is 0.0489. The third kappa shape index (κ3) is 4.34. The summed E-state index contributed by atoms with van der Waals surface area (Å²) in [6.07, 6.45) is 6.84. The topological polar surface area (TPSA) is 99.5 Å². The number of sulfonamides is 1. The molecule has 168 valence electrons. The second-order valence-electron chi connectivity index (χ2n) is 7.61. The number of aromatic nitrogens is 2. The van der Waals surface area contributed by atoms with E-state index in [0.29, 0.717) is 18.7 Å². The second kappa shape index (κ2) is 9.04. The third-order valence-corrected chi connectivity index (χ3v) is 7.04. The van der Waals surface area contributed by atoms with Gasteiger partial charge in [0.1, 0.15) is 16.4 Å². The Morgan fingerprint density at radius 1 is 1.09 bits per heavy atom. The number of rotatable bonds is 7. The van der Waals surface area contributed by atoms with Crippen LogP contribution in [0.2, 0.25) is 0 Å². The summed E-state index contributed by atoms with van der Waals surface area (Å²) in [6, 6.07) is 10.2. The van der Waals surface area contributed by atoms with Crippen molar-refractivity contribution in [3.05, 3.63) is 71.0 Å². The van der Waals surface area contributed by atoms with E-state index >= 15 is 0 Å². The Balaban J connectivity index is 1.63. The fourth-order valence-electron chi connectivity index (χ4n) is 4.04. The van der Waals surface area contributed by atoms with Crippen LogP contribution in [0.5, 0.6) is 11.5 Å². The maximum atomic E-state index is 13.2. The number of benzene rings is 2. The first kappa shape index (κ1) is 21.9. The van der Waals surface area contributed by atoms with Gasteiger partial charge in [-0.05, 0) is 61.1 Å². The minimum Gasteiger partial charge on any atom is -0.496 e. The Kier molecular flexibility index (Phi) is 6.18. The zero-order valence-corrected chi connectivity index (χ0v) is 18.8. The van der Waals surface area contributed by atoms with Crippen molar-refractivity contribution in [1.29, 1.82) is 0 Å². The van der Waals surface area contributed by atoms with Crippen LogP contribution in [0.4, 0.5) is 0 Å². The Hall–Kier alpha value is -3.33. The number of fused-ring (bicyclic) bond motifs is 1. The van der Waals surface area contributed by atoms with Gasteiger partial charge in [0.15, 0.2) is 0 Å². The van der Waals surface area contributed by atoms with E-state index in [1.54, 1.807) is 29.1 Å². The number of hydrogen-bond acceptors (Lipinski definition) is 6. The molecule has 0 fully saturated rings. The van der Waals surface area contributed by atoms with Crippen molar-refractivity contribution < 1.29 is 22.7 Å². The highest BCUT2D eigenvalue weighted by atomic mass is 32.2. The van der Waals surface area contributed by atoms with Crippen LogP contribution in [0.15, 0.2) is 53.7 Å². The van der Waals surface area contributed by atoms with E-state index in [1.165, 1.54) is 20.3 Å². The molecule has 0 radical (unpaired) electrons. The molecule has 8 nitrogen and oxygen atoms in total. The Morgan fingerprint density at radius 3 is 2.59 bits per heavy atom. The zero-order valence-electron chi connectivity index (χ0n) is 18.0. The number of methoxy groups -OCH3 is 2. The summed E-state index contributed by atoms with van der Waals surface area (Å²) in [7, 11) is -1.22. The van der Waals surface area contributed by atoms with Gasteiger partial charge in [0.05, 0.1) is 20.8 Å². The van der Waals surface area contributed by atoms with Crippen LogP contribution in [0.3, 0.4) is 0 Å². The van der Waals surface area contributed by atoms with Gasteiger partial charge < -0.3 is 9.47 Å². The number of carbonyl (C=O) groups excluding carboxylic acids is 1. The molecule has 1 N–H and O–H groups in total. The number of hydrogen-bond donors (Lipinski definition) is 1. The smallest absolute Gasteiger partial charge is 0.268 e. The van der Waals surface area contributed by atoms with Gasteiger partial charge in [-0.25, -0.2) is 13.1 Å². The van der Waals surface area contributed by atoms with Crippen LogP contribution in [0.25, 0.3) is 0 Å². The van der Waals surface area contributed by atoms with E-state index in [1.807, 2.05) is 18.3 Å². The SMILES string of the molecule is COc1cc(C(=O)NS(=O)(=O)c2c(OC)ccc3c2CCCC3)ccc1Cn1cccn1. The first-order chi connectivity index (χ1) is 15.4. The molecule has 1 aromatic heterocycles. The summed E-state index contributed by atoms with van der Waals surface area (Å²) < 4.78 is 41.2. The van der Waals surface area contributed by atoms with Crippen molar-refractivity contribution >= 4 is 15.9 Å². The number of nitrogens with one attached hydrogen (secondary N) is 1. The molecule has 4 rings (SSSR count). The van der Waals surface area contributed by atoms with E-state index in [-0.39, 0.29) is 16.2 Å². The second-order valence-corrected chi connectivity index (χ2v) is 9.23. The summed E-state index contributed by atoms with van der Waals surface area (Å²) in [5, 5.41) is 4.17. The maximum absolute atomic E-state index is 13.2. The molecule has 1 amide bonds. The van der Waals surface area contributed by atoms with Gasteiger partial charge in [0.2, 0.25) is 0 Å². The highest BCUT2D eigenvalue weighted by molar-refractivity contribution is 7.90. The molecular formula is C23H25N3O5S. The molecule has 0 aliphatic heterocycles. The van der Waals surface area contributed by atoms with E-state index in [4.69, 9.17) is 9.47 Å². The number of carbonyl (C=O) groups is 1. The van der Waals surface area contributed by atoms with Gasteiger partial charge >= 0.3 is 0 Å². The predicted molar refractivity (Wildman–Crippen MR) is 119 cm³/mol. The lowest BCUT2D eigenvalue weighted by atomic mass is 9.91. The van der Waals surface area contributed by atoms with Crippen molar-refractivity contribution in [2.45, 2.75) is 37.1 Å². The molecule has 2 aromatic carbocycles. The lowest BCUT2D eigenvalue weighted by Gasteiger charge is -2.21. The molecule has 0 spiro atoms. The molecular weight excluding hydrogens is 430 g/mol. The van der Waals surface area contributed by atoms with Crippen LogP contribution in [-0.4, -0.2) is 38.3 Å². The molecule has 0 saturated heterocycles. The fourth-order valence-corrected chi connectivity index (χ4v) is 5.48. The van der Waals surface area contributed by atoms with Gasteiger partial charge in [-0.2, -0.15) is 5.10 Å². The van der Waals surface area contributed by atoms with Crippen LogP contribution < -0.4 is 14.2 Å². The fraction of sp³-hybridized carbons (Fsp3) is 0.304. The van der Waals surface area contributed by atoms with Crippen molar-refractivity contribution in [1.82, 2.24) is 14.5 Å². The van der Waals surface area contributed by atoms with Crippen LogP contribution >= 0.6 is 0 Å². The van der Waals surface area contributed by atoms with Crippen LogP contribution in [0.1, 0.15) is 39.9 Å². The molecule has 9 heteroatoms. The zero-order chi connectivity index (χ0) is 22.7. The summed E-state index contributed by atoms with van der Waals surface area (Å²) in [4.78, 5) is 12.9. The molecule has 1 aliphatic rings. The summed E-state index contributed by atoms with van der Waals surface area (Å²) in [6.45, 7) is 0.462. The quantitative estimate of drug-likeness (QED) is 0.588. The van der Waals surface area contributed by atoms with Gasteiger partial charge in [-0.15, -0.1) is 0 Å². The highest BCUT2D eigenvalue weighted by Crippen LogP contribution is 2.34. The minimum atomic E-state index is -4.14. The monoisotopic (exact) mass is 455 g/mol. The van der Waals surface area contributed by atoms with Crippen molar-refractivity contribution in [3.63, 3.8) is 0 Å². The van der Waals surface area contributed by atoms with Crippen LogP contribution in [0, 0.1) is 0 Å². The largest absolute Gasteiger partial charge is 0.496 e. The number of ether oxygens (including phenoxy) is 2. The molecule has 32 heavy (non-hydrogen) atoms. The third-order valence-electron chi connectivity index (χ3n) is 5.60. The van der Waals surface area contributed by atoms with Crippen molar-refractivity contribution in [2.24, 2.45) is 0 Å². The molecule has 0 unspecified atom stereocenters. The van der Waals surface area contributed by atoms with Crippen LogP contribution in [-0.2, 0) is 29.4 Å². The van der Waals surface area contributed by atoms with E-state index in [9.17, 15) is 13.2 Å². The van der Waals surface area contributed by atoms with Gasteiger partial charge in [-0.3, -0.25) is 9.48 Å². The first-order valence-electron chi connectivity index (χ1n) is 10.3.